The molecule has 0 radical (unpaired) electrons. The number of nitrogens with zero attached hydrogens (tertiary/aromatic N) is 1. The van der Waals surface area contributed by atoms with Gasteiger partial charge < -0.3 is 15.7 Å². The van der Waals surface area contributed by atoms with Crippen LogP contribution < -0.4 is 10.6 Å². The van der Waals surface area contributed by atoms with Crippen molar-refractivity contribution in [2.75, 3.05) is 6.54 Å². The van der Waals surface area contributed by atoms with E-state index >= 15 is 0 Å². The van der Waals surface area contributed by atoms with E-state index in [0.29, 0.717) is 0 Å². The van der Waals surface area contributed by atoms with Crippen LogP contribution in [0.2, 0.25) is 0 Å². The first-order valence-electron chi connectivity index (χ1n) is 7.22. The molecule has 0 aliphatic carbocycles. The van der Waals surface area contributed by atoms with Crippen LogP contribution in [0.25, 0.3) is 0 Å². The molecule has 3 N–H and O–H groups in total. The maximum atomic E-state index is 12.1. The number of rotatable bonds is 9. The normalized spacial score (nSPS) is 11.1. The quantitative estimate of drug-likeness (QED) is 0.576. The fourth-order valence-electron chi connectivity index (χ4n) is 1.91. The Labute approximate surface area is 134 Å². The number of hydrogen-bond acceptors (Lipinski definition) is 4. The van der Waals surface area contributed by atoms with E-state index in [-0.39, 0.29) is 32.2 Å². The van der Waals surface area contributed by atoms with Crippen molar-refractivity contribution in [1.82, 2.24) is 10.6 Å². The first kappa shape index (κ1) is 18.2. The first-order chi connectivity index (χ1) is 11.0. The SMILES string of the molecule is N#CCCNC(=O)C(Cc1ccccc1)NC(=O)CCC(=O)O. The van der Waals surface area contributed by atoms with Crippen molar-refractivity contribution >= 4 is 17.8 Å². The lowest BCUT2D eigenvalue weighted by Crippen LogP contribution is -2.48. The third kappa shape index (κ3) is 7.62. The van der Waals surface area contributed by atoms with Crippen LogP contribution in [0.4, 0.5) is 0 Å². The number of carboxylic acid groups (broad SMARTS) is 1. The Bertz CT molecular complexity index is 581. The maximum absolute atomic E-state index is 12.1. The molecule has 0 spiro atoms. The largest absolute Gasteiger partial charge is 0.481 e. The second-order valence-corrected chi connectivity index (χ2v) is 4.90. The molecular weight excluding hydrogens is 298 g/mol. The van der Waals surface area contributed by atoms with Gasteiger partial charge in [0.1, 0.15) is 6.04 Å². The zero-order chi connectivity index (χ0) is 17.1. The zero-order valence-electron chi connectivity index (χ0n) is 12.6. The minimum Gasteiger partial charge on any atom is -0.481 e. The van der Waals surface area contributed by atoms with Gasteiger partial charge in [-0.1, -0.05) is 30.3 Å². The molecule has 7 nitrogen and oxygen atoms in total. The van der Waals surface area contributed by atoms with Gasteiger partial charge >= 0.3 is 5.97 Å². The fourth-order valence-corrected chi connectivity index (χ4v) is 1.91. The molecule has 1 unspecified atom stereocenters. The standard InChI is InChI=1S/C16H19N3O4/c17-9-4-10-18-16(23)13(11-12-5-2-1-3-6-12)19-14(20)7-8-15(21)22/h1-3,5-6,13H,4,7-8,10-11H2,(H,18,23)(H,19,20)(H,21,22). The molecule has 7 heteroatoms. The smallest absolute Gasteiger partial charge is 0.303 e. The van der Waals surface area contributed by atoms with Crippen molar-refractivity contribution in [3.05, 3.63) is 35.9 Å². The average Bonchev–Trinajstić information content (AvgIpc) is 2.53. The van der Waals surface area contributed by atoms with E-state index < -0.39 is 23.8 Å². The summed E-state index contributed by atoms with van der Waals surface area (Å²) in [5.74, 6) is -1.96. The minimum absolute atomic E-state index is 0.177. The summed E-state index contributed by atoms with van der Waals surface area (Å²) in [6.07, 6.45) is -0.0131. The van der Waals surface area contributed by atoms with Crippen molar-refractivity contribution in [3.63, 3.8) is 0 Å². The second-order valence-electron chi connectivity index (χ2n) is 4.90. The van der Waals surface area contributed by atoms with Crippen LogP contribution in [0.5, 0.6) is 0 Å². The van der Waals surface area contributed by atoms with Gasteiger partial charge in [-0.15, -0.1) is 0 Å². The highest BCUT2D eigenvalue weighted by Crippen LogP contribution is 2.04. The van der Waals surface area contributed by atoms with Gasteiger partial charge in [0.2, 0.25) is 11.8 Å². The summed E-state index contributed by atoms with van der Waals surface area (Å²) in [5, 5.41) is 22.2. The van der Waals surface area contributed by atoms with Crippen molar-refractivity contribution in [3.8, 4) is 6.07 Å². The number of aliphatic carboxylic acids is 1. The van der Waals surface area contributed by atoms with Crippen LogP contribution in [-0.4, -0.2) is 35.5 Å². The third-order valence-corrected chi connectivity index (χ3v) is 3.04. The predicted octanol–water partition coefficient (Wildman–Crippen LogP) is 0.609. The molecule has 1 aromatic rings. The van der Waals surface area contributed by atoms with Crippen LogP contribution in [0.15, 0.2) is 30.3 Å². The number of nitriles is 1. The molecule has 0 aromatic heterocycles. The Morgan fingerprint density at radius 2 is 1.87 bits per heavy atom. The van der Waals surface area contributed by atoms with Gasteiger partial charge in [0.05, 0.1) is 18.9 Å². The van der Waals surface area contributed by atoms with E-state index in [1.165, 1.54) is 0 Å². The Balaban J connectivity index is 2.67. The van der Waals surface area contributed by atoms with Gasteiger partial charge in [-0.2, -0.15) is 5.26 Å². The molecule has 0 aliphatic heterocycles. The van der Waals surface area contributed by atoms with Crippen LogP contribution >= 0.6 is 0 Å². The van der Waals surface area contributed by atoms with E-state index in [1.807, 2.05) is 36.4 Å². The topological polar surface area (TPSA) is 119 Å². The molecule has 23 heavy (non-hydrogen) atoms. The highest BCUT2D eigenvalue weighted by molar-refractivity contribution is 5.88. The Morgan fingerprint density at radius 3 is 2.48 bits per heavy atom. The van der Waals surface area contributed by atoms with E-state index in [2.05, 4.69) is 10.6 Å². The van der Waals surface area contributed by atoms with Gasteiger partial charge in [-0.3, -0.25) is 14.4 Å². The van der Waals surface area contributed by atoms with Crippen LogP contribution in [0.3, 0.4) is 0 Å². The average molecular weight is 317 g/mol. The molecule has 0 saturated heterocycles. The second kappa shape index (κ2) is 9.95. The summed E-state index contributed by atoms with van der Waals surface area (Å²) < 4.78 is 0. The summed E-state index contributed by atoms with van der Waals surface area (Å²) in [7, 11) is 0. The monoisotopic (exact) mass is 317 g/mol. The van der Waals surface area contributed by atoms with Gasteiger partial charge in [0.25, 0.3) is 0 Å². The lowest BCUT2D eigenvalue weighted by atomic mass is 10.0. The van der Waals surface area contributed by atoms with Gasteiger partial charge in [-0.05, 0) is 5.56 Å². The molecule has 0 bridgehead atoms. The van der Waals surface area contributed by atoms with Gasteiger partial charge in [0, 0.05) is 19.4 Å². The summed E-state index contributed by atoms with van der Waals surface area (Å²) in [5.41, 5.74) is 0.867. The summed E-state index contributed by atoms with van der Waals surface area (Å²) >= 11 is 0. The molecule has 0 fully saturated rings. The van der Waals surface area contributed by atoms with Crippen molar-refractivity contribution < 1.29 is 19.5 Å². The number of amides is 2. The first-order valence-corrected chi connectivity index (χ1v) is 7.22. The summed E-state index contributed by atoms with van der Waals surface area (Å²) in [6, 6.07) is 10.3. The van der Waals surface area contributed by atoms with Gasteiger partial charge in [-0.25, -0.2) is 0 Å². The molecule has 0 aliphatic rings. The molecule has 1 aromatic carbocycles. The highest BCUT2D eigenvalue weighted by Gasteiger charge is 2.21. The van der Waals surface area contributed by atoms with Crippen molar-refractivity contribution in [1.29, 1.82) is 5.26 Å². The fraction of sp³-hybridized carbons (Fsp3) is 0.375. The Hall–Kier alpha value is -2.88. The molecule has 1 atom stereocenters. The Kier molecular flexibility index (Phi) is 7.86. The molecule has 0 heterocycles. The lowest BCUT2D eigenvalue weighted by molar-refractivity contribution is -0.139. The van der Waals surface area contributed by atoms with Crippen molar-refractivity contribution in [2.45, 2.75) is 31.7 Å². The Morgan fingerprint density at radius 1 is 1.17 bits per heavy atom. The molecule has 1 rings (SSSR count). The zero-order valence-corrected chi connectivity index (χ0v) is 12.6. The number of carbonyl (C=O) groups excluding carboxylic acids is 2. The van der Waals surface area contributed by atoms with Crippen LogP contribution in [0.1, 0.15) is 24.8 Å². The minimum atomic E-state index is -1.07. The number of carbonyl (C=O) groups is 3. The van der Waals surface area contributed by atoms with Gasteiger partial charge in [0.15, 0.2) is 0 Å². The number of benzene rings is 1. The van der Waals surface area contributed by atoms with E-state index in [1.54, 1.807) is 0 Å². The van der Waals surface area contributed by atoms with E-state index in [0.717, 1.165) is 5.56 Å². The summed E-state index contributed by atoms with van der Waals surface area (Å²) in [6.45, 7) is 0.200. The molecule has 122 valence electrons. The maximum Gasteiger partial charge on any atom is 0.303 e. The molecule has 2 amide bonds. The molecular formula is C16H19N3O4. The number of nitrogens with one attached hydrogen (secondary N) is 2. The lowest BCUT2D eigenvalue weighted by Gasteiger charge is -2.18. The number of hydrogen-bond donors (Lipinski definition) is 3. The van der Waals surface area contributed by atoms with Crippen LogP contribution in [-0.2, 0) is 20.8 Å². The molecule has 0 saturated carbocycles. The number of carboxylic acids is 1. The van der Waals surface area contributed by atoms with Crippen molar-refractivity contribution in [2.24, 2.45) is 0 Å². The van der Waals surface area contributed by atoms with E-state index in [4.69, 9.17) is 10.4 Å². The third-order valence-electron chi connectivity index (χ3n) is 3.04. The van der Waals surface area contributed by atoms with E-state index in [9.17, 15) is 14.4 Å². The van der Waals surface area contributed by atoms with Crippen LogP contribution in [0, 0.1) is 11.3 Å². The summed E-state index contributed by atoms with van der Waals surface area (Å²) in [4.78, 5) is 34.4. The predicted molar refractivity (Wildman–Crippen MR) is 82.2 cm³/mol. The highest BCUT2D eigenvalue weighted by atomic mass is 16.4.